The summed E-state index contributed by atoms with van der Waals surface area (Å²) in [6, 6.07) is 18.0. The number of benzene rings is 1. The first-order valence-corrected chi connectivity index (χ1v) is 7.94. The molecule has 3 heteroatoms. The van der Waals surface area contributed by atoms with Gasteiger partial charge >= 0.3 is 0 Å². The van der Waals surface area contributed by atoms with E-state index >= 15 is 0 Å². The molecule has 1 aromatic carbocycles. The van der Waals surface area contributed by atoms with Crippen LogP contribution in [0.4, 0.5) is 0 Å². The van der Waals surface area contributed by atoms with E-state index in [1.165, 1.54) is 11.3 Å². The molecule has 0 unspecified atom stereocenters. The van der Waals surface area contributed by atoms with Gasteiger partial charge in [0.05, 0.1) is 4.88 Å². The molecule has 3 rings (SSSR count). The Kier molecular flexibility index (Phi) is 3.90. The van der Waals surface area contributed by atoms with Gasteiger partial charge in [-0.15, -0.1) is 22.7 Å². The lowest BCUT2D eigenvalue weighted by Crippen LogP contribution is -1.87. The molecule has 3 aromatic rings. The molecule has 0 aliphatic carbocycles. The fraction of sp³-hybridized carbons (Fsp3) is 0. The molecule has 0 spiro atoms. The Morgan fingerprint density at radius 1 is 0.950 bits per heavy atom. The molecule has 2 heterocycles. The van der Waals surface area contributed by atoms with Crippen molar-refractivity contribution in [1.82, 2.24) is 0 Å². The van der Waals surface area contributed by atoms with Gasteiger partial charge < -0.3 is 0 Å². The second-order valence-corrected chi connectivity index (χ2v) is 6.31. The number of carbonyl (C=O) groups excluding carboxylic acids is 1. The summed E-state index contributed by atoms with van der Waals surface area (Å²) >= 11 is 3.16. The van der Waals surface area contributed by atoms with Crippen LogP contribution in [0.3, 0.4) is 0 Å². The van der Waals surface area contributed by atoms with Gasteiger partial charge in [0.2, 0.25) is 0 Å². The summed E-state index contributed by atoms with van der Waals surface area (Å²) in [5.41, 5.74) is 1.15. The Hall–Kier alpha value is -1.97. The lowest BCUT2D eigenvalue weighted by molar-refractivity contribution is 0.105. The first-order valence-electron chi connectivity index (χ1n) is 6.24. The first-order chi connectivity index (χ1) is 9.83. The van der Waals surface area contributed by atoms with Gasteiger partial charge in [0, 0.05) is 9.75 Å². The van der Waals surface area contributed by atoms with Crippen molar-refractivity contribution in [2.45, 2.75) is 0 Å². The van der Waals surface area contributed by atoms with Gasteiger partial charge in [-0.3, -0.25) is 4.79 Å². The molecule has 0 bridgehead atoms. The zero-order valence-corrected chi connectivity index (χ0v) is 12.3. The van der Waals surface area contributed by atoms with E-state index in [2.05, 4.69) is 12.1 Å². The molecule has 0 aliphatic rings. The third-order valence-corrected chi connectivity index (χ3v) is 4.84. The highest BCUT2D eigenvalue weighted by Gasteiger charge is 2.07. The number of carbonyl (C=O) groups is 1. The van der Waals surface area contributed by atoms with E-state index in [1.54, 1.807) is 17.4 Å². The van der Waals surface area contributed by atoms with Crippen LogP contribution in [0, 0.1) is 0 Å². The molecule has 2 aromatic heterocycles. The number of ketones is 1. The summed E-state index contributed by atoms with van der Waals surface area (Å²) in [6.45, 7) is 0. The maximum absolute atomic E-state index is 12.1. The number of thiophene rings is 2. The predicted octanol–water partition coefficient (Wildman–Crippen LogP) is 5.37. The molecule has 0 saturated carbocycles. The summed E-state index contributed by atoms with van der Waals surface area (Å²) in [7, 11) is 0. The fourth-order valence-electron chi connectivity index (χ4n) is 1.85. The standard InChI is InChI=1S/C17H12OS2/c18-15(9-8-14-7-4-12-19-14)17-11-10-16(20-17)13-5-2-1-3-6-13/h1-12H/b9-8+. The van der Waals surface area contributed by atoms with Gasteiger partial charge in [0.15, 0.2) is 5.78 Å². The molecule has 0 amide bonds. The third kappa shape index (κ3) is 2.95. The number of hydrogen-bond donors (Lipinski definition) is 0. The molecule has 0 atom stereocenters. The van der Waals surface area contributed by atoms with E-state index in [-0.39, 0.29) is 5.78 Å². The lowest BCUT2D eigenvalue weighted by atomic mass is 10.2. The topological polar surface area (TPSA) is 17.1 Å². The second kappa shape index (κ2) is 5.99. The van der Waals surface area contributed by atoms with Crippen LogP contribution >= 0.6 is 22.7 Å². The maximum Gasteiger partial charge on any atom is 0.195 e. The second-order valence-electron chi connectivity index (χ2n) is 4.24. The molecule has 0 aliphatic heterocycles. The number of allylic oxidation sites excluding steroid dienone is 1. The highest BCUT2D eigenvalue weighted by Crippen LogP contribution is 2.28. The average Bonchev–Trinajstić information content (AvgIpc) is 3.17. The van der Waals surface area contributed by atoms with E-state index in [0.717, 1.165) is 20.2 Å². The van der Waals surface area contributed by atoms with E-state index in [9.17, 15) is 4.79 Å². The number of hydrogen-bond acceptors (Lipinski definition) is 3. The van der Waals surface area contributed by atoms with Crippen LogP contribution in [-0.4, -0.2) is 5.78 Å². The van der Waals surface area contributed by atoms with Crippen molar-refractivity contribution >= 4 is 34.5 Å². The summed E-state index contributed by atoms with van der Waals surface area (Å²) in [6.07, 6.45) is 3.52. The van der Waals surface area contributed by atoms with E-state index in [1.807, 2.05) is 53.9 Å². The Balaban J connectivity index is 1.78. The van der Waals surface area contributed by atoms with Gasteiger partial charge in [-0.1, -0.05) is 36.4 Å². The highest BCUT2D eigenvalue weighted by molar-refractivity contribution is 7.17. The smallest absolute Gasteiger partial charge is 0.195 e. The highest BCUT2D eigenvalue weighted by atomic mass is 32.1. The summed E-state index contributed by atoms with van der Waals surface area (Å²) in [5.74, 6) is 0.0607. The number of rotatable bonds is 4. The Labute approximate surface area is 125 Å². The summed E-state index contributed by atoms with van der Waals surface area (Å²) in [4.78, 5) is 15.1. The molecule has 0 radical (unpaired) electrons. The van der Waals surface area contributed by atoms with Crippen molar-refractivity contribution in [2.75, 3.05) is 0 Å². The first kappa shape index (κ1) is 13.0. The van der Waals surface area contributed by atoms with Crippen molar-refractivity contribution in [1.29, 1.82) is 0 Å². The van der Waals surface area contributed by atoms with Gasteiger partial charge in [0.1, 0.15) is 0 Å². The average molecular weight is 296 g/mol. The Bertz CT molecular complexity index is 721. The molecule has 0 fully saturated rings. The van der Waals surface area contributed by atoms with Gasteiger partial charge in [0.25, 0.3) is 0 Å². The van der Waals surface area contributed by atoms with Crippen LogP contribution in [0.25, 0.3) is 16.5 Å². The van der Waals surface area contributed by atoms with Crippen LogP contribution in [-0.2, 0) is 0 Å². The Morgan fingerprint density at radius 3 is 2.55 bits per heavy atom. The fourth-order valence-corrected chi connectivity index (χ4v) is 3.40. The third-order valence-electron chi connectivity index (χ3n) is 2.85. The van der Waals surface area contributed by atoms with Crippen molar-refractivity contribution in [2.24, 2.45) is 0 Å². The van der Waals surface area contributed by atoms with Crippen LogP contribution in [0.1, 0.15) is 14.5 Å². The van der Waals surface area contributed by atoms with E-state index in [0.29, 0.717) is 0 Å². The monoisotopic (exact) mass is 296 g/mol. The minimum Gasteiger partial charge on any atom is -0.288 e. The Morgan fingerprint density at radius 2 is 1.80 bits per heavy atom. The maximum atomic E-state index is 12.1. The normalized spacial score (nSPS) is 11.0. The van der Waals surface area contributed by atoms with Crippen molar-refractivity contribution < 1.29 is 4.79 Å². The van der Waals surface area contributed by atoms with Gasteiger partial charge in [-0.2, -0.15) is 0 Å². The predicted molar refractivity (Wildman–Crippen MR) is 87.4 cm³/mol. The minimum atomic E-state index is 0.0607. The minimum absolute atomic E-state index is 0.0607. The van der Waals surface area contributed by atoms with Crippen molar-refractivity contribution in [3.63, 3.8) is 0 Å². The van der Waals surface area contributed by atoms with E-state index in [4.69, 9.17) is 0 Å². The summed E-state index contributed by atoms with van der Waals surface area (Å²) in [5, 5.41) is 2.00. The SMILES string of the molecule is O=C(/C=C/c1cccs1)c1ccc(-c2ccccc2)s1. The molecular formula is C17H12OS2. The molecule has 0 saturated heterocycles. The largest absolute Gasteiger partial charge is 0.288 e. The lowest BCUT2D eigenvalue weighted by Gasteiger charge is -1.94. The summed E-state index contributed by atoms with van der Waals surface area (Å²) < 4.78 is 0. The van der Waals surface area contributed by atoms with Crippen LogP contribution < -0.4 is 0 Å². The molecule has 20 heavy (non-hydrogen) atoms. The molecule has 98 valence electrons. The van der Waals surface area contributed by atoms with E-state index < -0.39 is 0 Å². The van der Waals surface area contributed by atoms with Gasteiger partial charge in [-0.25, -0.2) is 0 Å². The molecule has 1 nitrogen and oxygen atoms in total. The van der Waals surface area contributed by atoms with Crippen LogP contribution in [0.15, 0.2) is 66.1 Å². The van der Waals surface area contributed by atoms with Gasteiger partial charge in [-0.05, 0) is 41.3 Å². The molecule has 0 N–H and O–H groups in total. The van der Waals surface area contributed by atoms with Crippen LogP contribution in [0.5, 0.6) is 0 Å². The quantitative estimate of drug-likeness (QED) is 0.467. The van der Waals surface area contributed by atoms with Crippen LogP contribution in [0.2, 0.25) is 0 Å². The van der Waals surface area contributed by atoms with Crippen molar-refractivity contribution in [3.05, 3.63) is 75.8 Å². The molecular weight excluding hydrogens is 284 g/mol. The van der Waals surface area contributed by atoms with Crippen molar-refractivity contribution in [3.8, 4) is 10.4 Å². The zero-order chi connectivity index (χ0) is 13.8. The zero-order valence-electron chi connectivity index (χ0n) is 10.7.